The summed E-state index contributed by atoms with van der Waals surface area (Å²) in [7, 11) is 0. The van der Waals surface area contributed by atoms with Crippen molar-refractivity contribution in [2.24, 2.45) is 0 Å². The Morgan fingerprint density at radius 1 is 1.31 bits per heavy atom. The van der Waals surface area contributed by atoms with Gasteiger partial charge in [0.15, 0.2) is 0 Å². The fourth-order valence-corrected chi connectivity index (χ4v) is 0.819. The first-order valence-corrected chi connectivity index (χ1v) is 4.31. The van der Waals surface area contributed by atoms with Gasteiger partial charge in [0, 0.05) is 24.4 Å². The van der Waals surface area contributed by atoms with E-state index in [1.807, 2.05) is 13.8 Å². The first-order chi connectivity index (χ1) is 6.00. The number of halogens is 2. The van der Waals surface area contributed by atoms with Crippen molar-refractivity contribution < 1.29 is 8.78 Å². The van der Waals surface area contributed by atoms with Crippen LogP contribution >= 0.6 is 0 Å². The van der Waals surface area contributed by atoms with E-state index < -0.39 is 5.92 Å². The molecule has 0 spiro atoms. The molecule has 0 atom stereocenters. The van der Waals surface area contributed by atoms with Crippen molar-refractivity contribution in [3.8, 4) is 0 Å². The molecule has 1 aromatic rings. The standard InChI is InChI=1S/C8H9F2N.C2H6/c1-6-5-7(3-4-11-6)8(2,9)10;1-2/h3-5H,1-2H3;1-2H3. The zero-order valence-corrected chi connectivity index (χ0v) is 8.44. The fraction of sp³-hybridized carbons (Fsp3) is 0.500. The van der Waals surface area contributed by atoms with Crippen LogP contribution in [0.15, 0.2) is 18.3 Å². The van der Waals surface area contributed by atoms with Crippen LogP contribution in [-0.4, -0.2) is 4.98 Å². The van der Waals surface area contributed by atoms with Crippen molar-refractivity contribution >= 4 is 0 Å². The molecule has 0 radical (unpaired) electrons. The monoisotopic (exact) mass is 187 g/mol. The average Bonchev–Trinajstić information content (AvgIpc) is 2.06. The van der Waals surface area contributed by atoms with Gasteiger partial charge in [0.25, 0.3) is 5.92 Å². The summed E-state index contributed by atoms with van der Waals surface area (Å²) in [5.74, 6) is -2.76. The van der Waals surface area contributed by atoms with Crippen LogP contribution in [0, 0.1) is 6.92 Å². The van der Waals surface area contributed by atoms with Crippen molar-refractivity contribution in [3.05, 3.63) is 29.6 Å². The van der Waals surface area contributed by atoms with Crippen LogP contribution in [0.1, 0.15) is 32.0 Å². The summed E-state index contributed by atoms with van der Waals surface area (Å²) in [5.41, 5.74) is 0.633. The molecule has 3 heteroatoms. The highest BCUT2D eigenvalue weighted by atomic mass is 19.3. The van der Waals surface area contributed by atoms with Gasteiger partial charge in [-0.3, -0.25) is 4.98 Å². The topological polar surface area (TPSA) is 12.9 Å². The second-order valence-corrected chi connectivity index (χ2v) is 2.57. The van der Waals surface area contributed by atoms with E-state index in [9.17, 15) is 8.78 Å². The maximum Gasteiger partial charge on any atom is 0.270 e. The minimum Gasteiger partial charge on any atom is -0.262 e. The van der Waals surface area contributed by atoms with Crippen LogP contribution in [-0.2, 0) is 5.92 Å². The molecule has 0 N–H and O–H groups in total. The van der Waals surface area contributed by atoms with Crippen LogP contribution in [0.25, 0.3) is 0 Å². The molecule has 0 aliphatic rings. The SMILES string of the molecule is CC.Cc1cc(C(C)(F)F)ccn1. The van der Waals surface area contributed by atoms with E-state index in [0.29, 0.717) is 5.69 Å². The van der Waals surface area contributed by atoms with Gasteiger partial charge in [0.05, 0.1) is 0 Å². The number of hydrogen-bond acceptors (Lipinski definition) is 1. The van der Waals surface area contributed by atoms with E-state index in [1.54, 1.807) is 6.92 Å². The van der Waals surface area contributed by atoms with Gasteiger partial charge in [0.2, 0.25) is 0 Å². The third-order valence-electron chi connectivity index (χ3n) is 1.40. The number of alkyl halides is 2. The zero-order chi connectivity index (χ0) is 10.5. The molecule has 74 valence electrons. The highest BCUT2D eigenvalue weighted by Gasteiger charge is 2.23. The van der Waals surface area contributed by atoms with Crippen LogP contribution in [0.5, 0.6) is 0 Å². The average molecular weight is 187 g/mol. The summed E-state index contributed by atoms with van der Waals surface area (Å²) in [6.07, 6.45) is 1.39. The van der Waals surface area contributed by atoms with E-state index >= 15 is 0 Å². The number of pyridine rings is 1. The van der Waals surface area contributed by atoms with Gasteiger partial charge in [0.1, 0.15) is 0 Å². The first-order valence-electron chi connectivity index (χ1n) is 4.31. The maximum absolute atomic E-state index is 12.6. The van der Waals surface area contributed by atoms with Crippen LogP contribution in [0.3, 0.4) is 0 Å². The molecule has 0 amide bonds. The summed E-state index contributed by atoms with van der Waals surface area (Å²) < 4.78 is 25.2. The minimum atomic E-state index is -2.76. The lowest BCUT2D eigenvalue weighted by Gasteiger charge is -2.09. The summed E-state index contributed by atoms with van der Waals surface area (Å²) in [4.78, 5) is 3.82. The molecule has 0 aliphatic heterocycles. The van der Waals surface area contributed by atoms with Crippen LogP contribution < -0.4 is 0 Å². The second kappa shape index (κ2) is 4.90. The summed E-state index contributed by atoms with van der Waals surface area (Å²) in [6, 6.07) is 2.72. The van der Waals surface area contributed by atoms with Gasteiger partial charge >= 0.3 is 0 Å². The Bertz CT molecular complexity index is 253. The Balaban J connectivity index is 0.000000671. The number of aryl methyl sites for hydroxylation is 1. The lowest BCUT2D eigenvalue weighted by molar-refractivity contribution is 0.0173. The normalized spacial score (nSPS) is 10.3. The molecule has 13 heavy (non-hydrogen) atoms. The van der Waals surface area contributed by atoms with Crippen LogP contribution in [0.2, 0.25) is 0 Å². The third kappa shape index (κ3) is 3.97. The largest absolute Gasteiger partial charge is 0.270 e. The Morgan fingerprint density at radius 3 is 2.15 bits per heavy atom. The molecule has 0 unspecified atom stereocenters. The number of rotatable bonds is 1. The van der Waals surface area contributed by atoms with E-state index in [2.05, 4.69) is 4.98 Å². The highest BCUT2D eigenvalue weighted by molar-refractivity contribution is 5.19. The second-order valence-electron chi connectivity index (χ2n) is 2.57. The minimum absolute atomic E-state index is 0.0185. The van der Waals surface area contributed by atoms with Gasteiger partial charge in [-0.1, -0.05) is 13.8 Å². The number of nitrogens with zero attached hydrogens (tertiary/aromatic N) is 1. The lowest BCUT2D eigenvalue weighted by Crippen LogP contribution is -2.07. The predicted molar refractivity (Wildman–Crippen MR) is 49.9 cm³/mol. The zero-order valence-electron chi connectivity index (χ0n) is 8.44. The molecule has 0 aromatic carbocycles. The molecule has 1 heterocycles. The van der Waals surface area contributed by atoms with Gasteiger partial charge in [-0.25, -0.2) is 8.78 Å². The van der Waals surface area contributed by atoms with E-state index in [1.165, 1.54) is 18.3 Å². The molecule has 0 aliphatic carbocycles. The molecular weight excluding hydrogens is 172 g/mol. The quantitative estimate of drug-likeness (QED) is 0.655. The van der Waals surface area contributed by atoms with Gasteiger partial charge in [-0.05, 0) is 19.1 Å². The molecule has 0 saturated heterocycles. The summed E-state index contributed by atoms with van der Waals surface area (Å²) in [6.45, 7) is 6.57. The van der Waals surface area contributed by atoms with Crippen molar-refractivity contribution in [2.45, 2.75) is 33.6 Å². The molecule has 1 aromatic heterocycles. The van der Waals surface area contributed by atoms with E-state index in [4.69, 9.17) is 0 Å². The Morgan fingerprint density at radius 2 is 1.85 bits per heavy atom. The molecular formula is C10H15F2N. The summed E-state index contributed by atoms with van der Waals surface area (Å²) in [5, 5.41) is 0. The van der Waals surface area contributed by atoms with Crippen molar-refractivity contribution in [2.75, 3.05) is 0 Å². The third-order valence-corrected chi connectivity index (χ3v) is 1.40. The Kier molecular flexibility index (Phi) is 4.52. The fourth-order valence-electron chi connectivity index (χ4n) is 0.819. The van der Waals surface area contributed by atoms with E-state index in [0.717, 1.165) is 6.92 Å². The molecule has 0 bridgehead atoms. The Labute approximate surface area is 77.8 Å². The van der Waals surface area contributed by atoms with Crippen molar-refractivity contribution in [1.82, 2.24) is 4.98 Å². The summed E-state index contributed by atoms with van der Waals surface area (Å²) >= 11 is 0. The lowest BCUT2D eigenvalue weighted by atomic mass is 10.1. The number of hydrogen-bond donors (Lipinski definition) is 0. The van der Waals surface area contributed by atoms with Gasteiger partial charge in [-0.2, -0.15) is 0 Å². The van der Waals surface area contributed by atoms with Gasteiger partial charge < -0.3 is 0 Å². The van der Waals surface area contributed by atoms with E-state index in [-0.39, 0.29) is 5.56 Å². The van der Waals surface area contributed by atoms with Crippen molar-refractivity contribution in [1.29, 1.82) is 0 Å². The number of aromatic nitrogens is 1. The molecule has 1 rings (SSSR count). The Hall–Kier alpha value is -0.990. The highest BCUT2D eigenvalue weighted by Crippen LogP contribution is 2.26. The van der Waals surface area contributed by atoms with Crippen molar-refractivity contribution in [3.63, 3.8) is 0 Å². The first kappa shape index (κ1) is 12.0. The van der Waals surface area contributed by atoms with Crippen LogP contribution in [0.4, 0.5) is 8.78 Å². The maximum atomic E-state index is 12.6. The predicted octanol–water partition coefficient (Wildman–Crippen LogP) is 3.53. The van der Waals surface area contributed by atoms with Gasteiger partial charge in [-0.15, -0.1) is 0 Å². The smallest absolute Gasteiger partial charge is 0.262 e. The molecule has 1 nitrogen and oxygen atoms in total. The molecule has 0 fully saturated rings. The molecule has 0 saturated carbocycles.